The molecule has 0 aliphatic heterocycles. The fourth-order valence-electron chi connectivity index (χ4n) is 2.21. The minimum absolute atomic E-state index is 0.0990. The van der Waals surface area contributed by atoms with E-state index in [1.54, 1.807) is 0 Å². The minimum Gasteiger partial charge on any atom is -0.372 e. The van der Waals surface area contributed by atoms with Crippen molar-refractivity contribution in [2.75, 3.05) is 18.5 Å². The van der Waals surface area contributed by atoms with Crippen molar-refractivity contribution in [3.8, 4) is 0 Å². The smallest absolute Gasteiger partial charge is 0.250 e. The molecule has 1 aromatic rings. The molecule has 0 bridgehead atoms. The van der Waals surface area contributed by atoms with Crippen LogP contribution in [0.2, 0.25) is 0 Å². The van der Waals surface area contributed by atoms with Crippen LogP contribution in [0.1, 0.15) is 32.6 Å². The van der Waals surface area contributed by atoms with Gasteiger partial charge < -0.3 is 10.1 Å². The molecule has 3 nitrogen and oxygen atoms in total. The predicted molar refractivity (Wildman–Crippen MR) is 79.7 cm³/mol. The van der Waals surface area contributed by atoms with Crippen LogP contribution in [-0.2, 0) is 9.53 Å². The van der Waals surface area contributed by atoms with Crippen molar-refractivity contribution >= 4 is 23.4 Å². The van der Waals surface area contributed by atoms with E-state index in [0.29, 0.717) is 6.61 Å². The van der Waals surface area contributed by atoms with Gasteiger partial charge in [0.1, 0.15) is 6.61 Å². The normalized spacial score (nSPS) is 15.6. The average Bonchev–Trinajstić information content (AvgIpc) is 2.91. The molecule has 0 aromatic heterocycles. The number of ether oxygens (including phenoxy) is 1. The van der Waals surface area contributed by atoms with Gasteiger partial charge in [-0.3, -0.25) is 4.79 Å². The highest BCUT2D eigenvalue weighted by molar-refractivity contribution is 8.00. The Kier molecular flexibility index (Phi) is 5.73. The van der Waals surface area contributed by atoms with E-state index in [0.717, 1.165) is 10.9 Å². The topological polar surface area (TPSA) is 38.3 Å². The molecule has 2 rings (SSSR count). The van der Waals surface area contributed by atoms with Gasteiger partial charge in [-0.05, 0) is 44.0 Å². The van der Waals surface area contributed by atoms with Crippen molar-refractivity contribution in [3.63, 3.8) is 0 Å². The molecule has 104 valence electrons. The number of anilines is 1. The standard InChI is InChI=1S/C15H21NO2S/c1-2-18-11-15(17)16-12-7-9-14(10-8-12)19-13-5-3-4-6-13/h7-10,13H,2-6,11H2,1H3,(H,16,17). The Morgan fingerprint density at radius 2 is 2.00 bits per heavy atom. The van der Waals surface area contributed by atoms with Crippen molar-refractivity contribution in [1.82, 2.24) is 0 Å². The van der Waals surface area contributed by atoms with Crippen LogP contribution in [0.25, 0.3) is 0 Å². The van der Waals surface area contributed by atoms with Crippen molar-refractivity contribution in [1.29, 1.82) is 0 Å². The maximum atomic E-state index is 11.5. The third-order valence-electron chi connectivity index (χ3n) is 3.18. The van der Waals surface area contributed by atoms with Crippen molar-refractivity contribution in [2.24, 2.45) is 0 Å². The molecule has 1 aliphatic rings. The lowest BCUT2D eigenvalue weighted by molar-refractivity contribution is -0.120. The lowest BCUT2D eigenvalue weighted by atomic mass is 10.3. The molecule has 0 heterocycles. The molecule has 0 saturated heterocycles. The van der Waals surface area contributed by atoms with Crippen LogP contribution in [-0.4, -0.2) is 24.4 Å². The molecule has 0 radical (unpaired) electrons. The molecule has 0 spiro atoms. The maximum absolute atomic E-state index is 11.5. The van der Waals surface area contributed by atoms with Crippen molar-refractivity contribution in [3.05, 3.63) is 24.3 Å². The molecule has 4 heteroatoms. The first kappa shape index (κ1) is 14.4. The summed E-state index contributed by atoms with van der Waals surface area (Å²) >= 11 is 1.96. The second-order valence-electron chi connectivity index (χ2n) is 4.73. The SMILES string of the molecule is CCOCC(=O)Nc1ccc(SC2CCCC2)cc1. The van der Waals surface area contributed by atoms with E-state index in [1.165, 1.54) is 30.6 Å². The van der Waals surface area contributed by atoms with Gasteiger partial charge in [-0.2, -0.15) is 0 Å². The van der Waals surface area contributed by atoms with Crippen LogP contribution in [0.3, 0.4) is 0 Å². The Hall–Kier alpha value is -1.00. The van der Waals surface area contributed by atoms with Gasteiger partial charge in [-0.25, -0.2) is 0 Å². The van der Waals surface area contributed by atoms with E-state index < -0.39 is 0 Å². The van der Waals surface area contributed by atoms with E-state index >= 15 is 0 Å². The van der Waals surface area contributed by atoms with Crippen LogP contribution in [0, 0.1) is 0 Å². The number of hydrogen-bond donors (Lipinski definition) is 1. The highest BCUT2D eigenvalue weighted by Gasteiger charge is 2.15. The second-order valence-corrected chi connectivity index (χ2v) is 6.11. The molecule has 0 atom stereocenters. The summed E-state index contributed by atoms with van der Waals surface area (Å²) in [5, 5.41) is 3.60. The van der Waals surface area contributed by atoms with E-state index in [1.807, 2.05) is 30.8 Å². The highest BCUT2D eigenvalue weighted by atomic mass is 32.2. The highest BCUT2D eigenvalue weighted by Crippen LogP contribution is 2.34. The zero-order valence-electron chi connectivity index (χ0n) is 11.4. The van der Waals surface area contributed by atoms with E-state index in [2.05, 4.69) is 17.4 Å². The van der Waals surface area contributed by atoms with Crippen LogP contribution >= 0.6 is 11.8 Å². The molecule has 19 heavy (non-hydrogen) atoms. The van der Waals surface area contributed by atoms with E-state index in [4.69, 9.17) is 4.74 Å². The number of benzene rings is 1. The Morgan fingerprint density at radius 3 is 2.63 bits per heavy atom. The van der Waals surface area contributed by atoms with Crippen molar-refractivity contribution in [2.45, 2.75) is 42.8 Å². The number of amides is 1. The summed E-state index contributed by atoms with van der Waals surface area (Å²) in [5.74, 6) is -0.0990. The first-order chi connectivity index (χ1) is 9.28. The number of thioether (sulfide) groups is 1. The second kappa shape index (κ2) is 7.56. The molecule has 1 amide bonds. The number of carbonyl (C=O) groups excluding carboxylic acids is 1. The monoisotopic (exact) mass is 279 g/mol. The third-order valence-corrected chi connectivity index (χ3v) is 4.53. The van der Waals surface area contributed by atoms with Crippen LogP contribution < -0.4 is 5.32 Å². The molecule has 1 fully saturated rings. The number of rotatable bonds is 6. The van der Waals surface area contributed by atoms with Gasteiger partial charge in [0.15, 0.2) is 0 Å². The molecule has 1 aliphatic carbocycles. The summed E-state index contributed by atoms with van der Waals surface area (Å²) in [6, 6.07) is 8.08. The summed E-state index contributed by atoms with van der Waals surface area (Å²) in [7, 11) is 0. The maximum Gasteiger partial charge on any atom is 0.250 e. The fourth-order valence-corrected chi connectivity index (χ4v) is 3.45. The molecule has 1 N–H and O–H groups in total. The lowest BCUT2D eigenvalue weighted by Gasteiger charge is -2.10. The number of nitrogens with one attached hydrogen (secondary N) is 1. The first-order valence-electron chi connectivity index (χ1n) is 6.92. The van der Waals surface area contributed by atoms with Gasteiger partial charge in [0, 0.05) is 22.4 Å². The van der Waals surface area contributed by atoms with Gasteiger partial charge in [0.25, 0.3) is 0 Å². The van der Waals surface area contributed by atoms with E-state index in [-0.39, 0.29) is 12.5 Å². The van der Waals surface area contributed by atoms with Crippen LogP contribution in [0.15, 0.2) is 29.2 Å². The Balaban J connectivity index is 1.82. The van der Waals surface area contributed by atoms with Gasteiger partial charge in [-0.15, -0.1) is 11.8 Å². The molecule has 1 saturated carbocycles. The fraction of sp³-hybridized carbons (Fsp3) is 0.533. The van der Waals surface area contributed by atoms with Gasteiger partial charge in [0.2, 0.25) is 5.91 Å². The largest absolute Gasteiger partial charge is 0.372 e. The zero-order chi connectivity index (χ0) is 13.5. The quantitative estimate of drug-likeness (QED) is 0.863. The predicted octanol–water partition coefficient (Wildman–Crippen LogP) is 3.70. The molecule has 0 unspecified atom stereocenters. The summed E-state index contributed by atoms with van der Waals surface area (Å²) in [4.78, 5) is 12.8. The Morgan fingerprint density at radius 1 is 1.32 bits per heavy atom. The molecular weight excluding hydrogens is 258 g/mol. The van der Waals surface area contributed by atoms with Gasteiger partial charge >= 0.3 is 0 Å². The summed E-state index contributed by atoms with van der Waals surface area (Å²) in [6.07, 6.45) is 5.39. The lowest BCUT2D eigenvalue weighted by Crippen LogP contribution is -2.18. The van der Waals surface area contributed by atoms with Gasteiger partial charge in [-0.1, -0.05) is 12.8 Å². The zero-order valence-corrected chi connectivity index (χ0v) is 12.2. The first-order valence-corrected chi connectivity index (χ1v) is 7.80. The van der Waals surface area contributed by atoms with Crippen LogP contribution in [0.4, 0.5) is 5.69 Å². The van der Waals surface area contributed by atoms with E-state index in [9.17, 15) is 4.79 Å². The summed E-state index contributed by atoms with van der Waals surface area (Å²) < 4.78 is 5.06. The average molecular weight is 279 g/mol. The molecular formula is C15H21NO2S. The number of hydrogen-bond acceptors (Lipinski definition) is 3. The summed E-state index contributed by atoms with van der Waals surface area (Å²) in [6.45, 7) is 2.56. The number of carbonyl (C=O) groups is 1. The summed E-state index contributed by atoms with van der Waals surface area (Å²) in [5.41, 5.74) is 0.834. The Bertz CT molecular complexity index is 399. The van der Waals surface area contributed by atoms with Crippen LogP contribution in [0.5, 0.6) is 0 Å². The Labute approximate surface area is 119 Å². The molecule has 1 aromatic carbocycles. The van der Waals surface area contributed by atoms with Crippen molar-refractivity contribution < 1.29 is 9.53 Å². The minimum atomic E-state index is -0.0990. The van der Waals surface area contributed by atoms with Gasteiger partial charge in [0.05, 0.1) is 0 Å². The third kappa shape index (κ3) is 4.88.